The van der Waals surface area contributed by atoms with Crippen LogP contribution in [0.15, 0.2) is 59.5 Å². The molecule has 1 nitrogen and oxygen atoms in total. The van der Waals surface area contributed by atoms with Crippen molar-refractivity contribution in [3.05, 3.63) is 70.0 Å². The Labute approximate surface area is 94.1 Å². The van der Waals surface area contributed by atoms with Gasteiger partial charge in [-0.05, 0) is 17.4 Å². The van der Waals surface area contributed by atoms with E-state index in [1.807, 2.05) is 12.2 Å². The van der Waals surface area contributed by atoms with Crippen LogP contribution >= 0.6 is 0 Å². The summed E-state index contributed by atoms with van der Waals surface area (Å²) in [6.07, 6.45) is 8.11. The van der Waals surface area contributed by atoms with E-state index in [0.29, 0.717) is 0 Å². The first kappa shape index (κ1) is 9.06. The summed E-state index contributed by atoms with van der Waals surface area (Å²) in [5.74, 6) is 0. The van der Waals surface area contributed by atoms with Gasteiger partial charge in [0.1, 0.15) is 0 Å². The van der Waals surface area contributed by atoms with Gasteiger partial charge in [0.25, 0.3) is 0 Å². The number of fused-ring (bicyclic) bond motifs is 1. The van der Waals surface area contributed by atoms with Gasteiger partial charge in [-0.1, -0.05) is 47.9 Å². The second kappa shape index (κ2) is 3.75. The van der Waals surface area contributed by atoms with E-state index in [1.54, 1.807) is 0 Å². The molecular formula is C15H11N. The molecule has 2 aliphatic rings. The minimum absolute atomic E-state index is 0.870. The number of hydrogen-bond acceptors (Lipinski definition) is 1. The fourth-order valence-corrected chi connectivity index (χ4v) is 2.00. The lowest BCUT2D eigenvalue weighted by Crippen LogP contribution is -2.37. The maximum absolute atomic E-state index is 3.40. The normalized spacial score (nSPS) is 16.2. The Hall–Kier alpha value is -2.20. The lowest BCUT2D eigenvalue weighted by molar-refractivity contribution is 1.01. The van der Waals surface area contributed by atoms with Crippen LogP contribution in [0, 0.1) is 0 Å². The molecular weight excluding hydrogens is 194 g/mol. The summed E-state index contributed by atoms with van der Waals surface area (Å²) < 4.78 is 0. The van der Waals surface area contributed by atoms with Gasteiger partial charge in [-0.25, -0.2) is 0 Å². The van der Waals surface area contributed by atoms with Gasteiger partial charge in [-0.3, -0.25) is 0 Å². The first-order valence-corrected chi connectivity index (χ1v) is 5.37. The Morgan fingerprint density at radius 1 is 1.19 bits per heavy atom. The Morgan fingerprint density at radius 2 is 2.12 bits per heavy atom. The minimum atomic E-state index is 0.870. The van der Waals surface area contributed by atoms with Gasteiger partial charge in [0.15, 0.2) is 0 Å². The van der Waals surface area contributed by atoms with Crippen molar-refractivity contribution in [3.8, 4) is 0 Å². The van der Waals surface area contributed by atoms with Crippen molar-refractivity contribution in [1.29, 1.82) is 0 Å². The summed E-state index contributed by atoms with van der Waals surface area (Å²) in [4.78, 5) is 0. The van der Waals surface area contributed by atoms with Crippen LogP contribution < -0.4 is 15.8 Å². The predicted molar refractivity (Wildman–Crippen MR) is 65.8 cm³/mol. The van der Waals surface area contributed by atoms with E-state index in [1.165, 1.54) is 10.4 Å². The van der Waals surface area contributed by atoms with E-state index in [9.17, 15) is 0 Å². The molecule has 16 heavy (non-hydrogen) atoms. The smallest absolute Gasteiger partial charge is 0.0581 e. The summed E-state index contributed by atoms with van der Waals surface area (Å²) in [5.41, 5.74) is 8.35. The van der Waals surface area contributed by atoms with Crippen LogP contribution in [0.4, 0.5) is 0 Å². The van der Waals surface area contributed by atoms with Crippen molar-refractivity contribution in [2.24, 2.45) is 0 Å². The Bertz CT molecular complexity index is 676. The molecule has 76 valence electrons. The summed E-state index contributed by atoms with van der Waals surface area (Å²) in [5, 5.41) is 5.93. The molecule has 0 saturated heterocycles. The van der Waals surface area contributed by atoms with Crippen LogP contribution in [0.2, 0.25) is 0 Å². The van der Waals surface area contributed by atoms with E-state index < -0.39 is 0 Å². The molecule has 1 aliphatic heterocycles. The number of benzene rings is 1. The Balaban J connectivity index is 2.37. The fraction of sp³-hybridized carbons (Fsp3) is 0.0667. The zero-order chi connectivity index (χ0) is 10.8. The van der Waals surface area contributed by atoms with E-state index >= 15 is 0 Å². The van der Waals surface area contributed by atoms with Crippen molar-refractivity contribution in [1.82, 2.24) is 5.32 Å². The number of rotatable bonds is 1. The Kier molecular flexibility index (Phi) is 2.12. The molecule has 1 heterocycles. The maximum Gasteiger partial charge on any atom is 0.0581 e. The van der Waals surface area contributed by atoms with Gasteiger partial charge in [-0.2, -0.15) is 0 Å². The fourth-order valence-electron chi connectivity index (χ4n) is 2.00. The maximum atomic E-state index is 3.40. The van der Waals surface area contributed by atoms with Gasteiger partial charge in [-0.15, -0.1) is 0 Å². The van der Waals surface area contributed by atoms with Gasteiger partial charge in [0.05, 0.1) is 5.70 Å². The minimum Gasteiger partial charge on any atom is -0.380 e. The molecule has 0 saturated carbocycles. The second-order valence-electron chi connectivity index (χ2n) is 3.76. The third-order valence-corrected chi connectivity index (χ3v) is 2.75. The average Bonchev–Trinajstić information content (AvgIpc) is 2.39. The molecule has 1 aliphatic carbocycles. The second-order valence-corrected chi connectivity index (χ2v) is 3.76. The van der Waals surface area contributed by atoms with Gasteiger partial charge < -0.3 is 5.32 Å². The molecule has 0 fully saturated rings. The zero-order valence-corrected chi connectivity index (χ0v) is 8.83. The highest BCUT2D eigenvalue weighted by Crippen LogP contribution is 2.09. The monoisotopic (exact) mass is 205 g/mol. The van der Waals surface area contributed by atoms with Crippen LogP contribution in [-0.4, -0.2) is 6.54 Å². The topological polar surface area (TPSA) is 12.0 Å². The van der Waals surface area contributed by atoms with Crippen LogP contribution in [0.5, 0.6) is 0 Å². The predicted octanol–water partition coefficient (Wildman–Crippen LogP) is 0.985. The standard InChI is InChI=1S/C15H11N/c1-2-7-13(8-3-1)15-14-9-5-4-6-12(14)10-11-16-15/h1-2,4-7,9-10,16H,11H2. The zero-order valence-electron chi connectivity index (χ0n) is 8.83. The molecule has 0 spiro atoms. The van der Waals surface area contributed by atoms with Gasteiger partial charge in [0.2, 0.25) is 0 Å². The summed E-state index contributed by atoms with van der Waals surface area (Å²) in [6.45, 7) is 0.870. The lowest BCUT2D eigenvalue weighted by atomic mass is 10.0. The Morgan fingerprint density at radius 3 is 3.00 bits per heavy atom. The third-order valence-electron chi connectivity index (χ3n) is 2.75. The van der Waals surface area contributed by atoms with Crippen molar-refractivity contribution in [3.63, 3.8) is 0 Å². The molecule has 1 aromatic rings. The number of nitrogens with one attached hydrogen (secondary N) is 1. The molecule has 0 atom stereocenters. The molecule has 1 N–H and O–H groups in total. The highest BCUT2D eigenvalue weighted by molar-refractivity contribution is 5.69. The number of allylic oxidation sites excluding steroid dienone is 2. The number of hydrogen-bond donors (Lipinski definition) is 1. The van der Waals surface area contributed by atoms with Crippen molar-refractivity contribution in [2.45, 2.75) is 0 Å². The lowest BCUT2D eigenvalue weighted by Gasteiger charge is -2.13. The SMILES string of the molecule is C1=C=C(C2=c3ccccc3=CCN2)C=CC=1. The molecule has 0 aromatic heterocycles. The molecule has 0 amide bonds. The van der Waals surface area contributed by atoms with Crippen LogP contribution in [-0.2, 0) is 0 Å². The summed E-state index contributed by atoms with van der Waals surface area (Å²) in [7, 11) is 0. The van der Waals surface area contributed by atoms with Crippen LogP contribution in [0.3, 0.4) is 0 Å². The molecule has 1 aromatic carbocycles. The van der Waals surface area contributed by atoms with E-state index in [0.717, 1.165) is 17.8 Å². The quantitative estimate of drug-likeness (QED) is 0.674. The third kappa shape index (κ3) is 1.45. The van der Waals surface area contributed by atoms with E-state index in [-0.39, 0.29) is 0 Å². The average molecular weight is 205 g/mol. The first-order chi connectivity index (χ1) is 7.95. The van der Waals surface area contributed by atoms with E-state index in [4.69, 9.17) is 0 Å². The van der Waals surface area contributed by atoms with Crippen molar-refractivity contribution < 1.29 is 0 Å². The molecule has 0 unspecified atom stereocenters. The summed E-state index contributed by atoms with van der Waals surface area (Å²) in [6, 6.07) is 8.41. The van der Waals surface area contributed by atoms with Crippen LogP contribution in [0.25, 0.3) is 11.8 Å². The molecule has 0 radical (unpaired) electrons. The summed E-state index contributed by atoms with van der Waals surface area (Å²) >= 11 is 0. The first-order valence-electron chi connectivity index (χ1n) is 5.37. The highest BCUT2D eigenvalue weighted by atomic mass is 14.9. The highest BCUT2D eigenvalue weighted by Gasteiger charge is 2.06. The largest absolute Gasteiger partial charge is 0.380 e. The van der Waals surface area contributed by atoms with Gasteiger partial charge >= 0.3 is 0 Å². The van der Waals surface area contributed by atoms with E-state index in [2.05, 4.69) is 53.2 Å². The van der Waals surface area contributed by atoms with Crippen LogP contribution in [0.1, 0.15) is 0 Å². The molecule has 3 rings (SSSR count). The van der Waals surface area contributed by atoms with Crippen molar-refractivity contribution in [2.75, 3.05) is 6.54 Å². The van der Waals surface area contributed by atoms with Gasteiger partial charge in [0, 0.05) is 17.3 Å². The molecule has 0 bridgehead atoms. The van der Waals surface area contributed by atoms with Crippen molar-refractivity contribution >= 4 is 11.8 Å². The molecule has 1 heteroatoms.